The van der Waals surface area contributed by atoms with E-state index in [1.165, 1.54) is 10.4 Å². The second-order valence-electron chi connectivity index (χ2n) is 8.98. The highest BCUT2D eigenvalue weighted by Crippen LogP contribution is 2.38. The lowest BCUT2D eigenvalue weighted by atomic mass is 9.83. The molecule has 1 aromatic heterocycles. The molecule has 0 saturated carbocycles. The number of nitro groups is 1. The molecule has 0 bridgehead atoms. The standard InChI is InChI=1S/C26H28N4O3S/c31-26(27-11-10-22-7-4-14-34-22)23-16-20-15-21(30(32)33)8-9-24(20)29-13-12-28(18-25(23)29)17-19-5-2-1-3-6-19/h1-9,14-15,23,25H,10-13,16-18H2,(H,27,31)/t23-,25-/m1/s1. The van der Waals surface area contributed by atoms with Crippen LogP contribution in [0.4, 0.5) is 11.4 Å². The number of fused-ring (bicyclic) bond motifs is 3. The maximum atomic E-state index is 13.4. The van der Waals surface area contributed by atoms with E-state index >= 15 is 0 Å². The van der Waals surface area contributed by atoms with E-state index in [0.717, 1.165) is 43.9 Å². The first kappa shape index (κ1) is 22.6. The molecule has 2 atom stereocenters. The lowest BCUT2D eigenvalue weighted by Crippen LogP contribution is -2.61. The summed E-state index contributed by atoms with van der Waals surface area (Å²) >= 11 is 1.69. The summed E-state index contributed by atoms with van der Waals surface area (Å²) in [5, 5.41) is 16.6. The van der Waals surface area contributed by atoms with Crippen LogP contribution in [0.25, 0.3) is 0 Å². The molecule has 0 radical (unpaired) electrons. The Morgan fingerprint density at radius 2 is 1.97 bits per heavy atom. The number of non-ortho nitro benzene ring substituents is 1. The summed E-state index contributed by atoms with van der Waals surface area (Å²) in [5.41, 5.74) is 3.26. The highest BCUT2D eigenvalue weighted by Gasteiger charge is 2.41. The van der Waals surface area contributed by atoms with E-state index in [9.17, 15) is 14.9 Å². The topological polar surface area (TPSA) is 78.7 Å². The number of benzene rings is 2. The zero-order chi connectivity index (χ0) is 23.5. The Morgan fingerprint density at radius 1 is 1.12 bits per heavy atom. The van der Waals surface area contributed by atoms with E-state index in [1.54, 1.807) is 23.5 Å². The van der Waals surface area contributed by atoms with Crippen molar-refractivity contribution in [2.45, 2.75) is 25.4 Å². The van der Waals surface area contributed by atoms with Crippen molar-refractivity contribution in [1.82, 2.24) is 10.2 Å². The van der Waals surface area contributed by atoms with Gasteiger partial charge in [0, 0.05) is 55.4 Å². The first-order valence-electron chi connectivity index (χ1n) is 11.7. The number of anilines is 1. The molecule has 0 aliphatic carbocycles. The van der Waals surface area contributed by atoms with Crippen LogP contribution in [0.3, 0.4) is 0 Å². The van der Waals surface area contributed by atoms with Crippen molar-refractivity contribution in [3.8, 4) is 0 Å². The van der Waals surface area contributed by atoms with Gasteiger partial charge in [0.2, 0.25) is 5.91 Å². The normalized spacial score (nSPS) is 19.8. The van der Waals surface area contributed by atoms with Gasteiger partial charge in [-0.25, -0.2) is 0 Å². The molecule has 3 heterocycles. The zero-order valence-corrected chi connectivity index (χ0v) is 19.7. The quantitative estimate of drug-likeness (QED) is 0.414. The second kappa shape index (κ2) is 9.95. The molecule has 1 fully saturated rings. The first-order valence-corrected chi connectivity index (χ1v) is 12.6. The Hall–Kier alpha value is -3.23. The Labute approximate surface area is 203 Å². The number of nitrogens with zero attached hydrogens (tertiary/aromatic N) is 3. The minimum Gasteiger partial charge on any atom is -0.365 e. The zero-order valence-electron chi connectivity index (χ0n) is 18.9. The van der Waals surface area contributed by atoms with Crippen molar-refractivity contribution in [3.05, 3.63) is 92.2 Å². The summed E-state index contributed by atoms with van der Waals surface area (Å²) in [6.07, 6.45) is 1.33. The number of carbonyl (C=O) groups is 1. The molecule has 0 unspecified atom stereocenters. The van der Waals surface area contributed by atoms with Gasteiger partial charge in [0.05, 0.1) is 16.9 Å². The maximum Gasteiger partial charge on any atom is 0.269 e. The Bertz CT molecular complexity index is 1150. The fourth-order valence-corrected chi connectivity index (χ4v) is 5.87. The molecule has 1 N–H and O–H groups in total. The maximum absolute atomic E-state index is 13.4. The van der Waals surface area contributed by atoms with Gasteiger partial charge in [0.1, 0.15) is 0 Å². The van der Waals surface area contributed by atoms with Gasteiger partial charge in [-0.05, 0) is 41.5 Å². The minimum atomic E-state index is -0.361. The number of rotatable bonds is 7. The number of nitro benzene ring substituents is 1. The van der Waals surface area contributed by atoms with Crippen molar-refractivity contribution in [3.63, 3.8) is 0 Å². The molecule has 176 valence electrons. The van der Waals surface area contributed by atoms with Crippen LogP contribution in [0.1, 0.15) is 16.0 Å². The van der Waals surface area contributed by atoms with Gasteiger partial charge in [-0.2, -0.15) is 0 Å². The van der Waals surface area contributed by atoms with Gasteiger partial charge in [-0.3, -0.25) is 19.8 Å². The number of thiophene rings is 1. The van der Waals surface area contributed by atoms with Crippen LogP contribution in [0.2, 0.25) is 0 Å². The fraction of sp³-hybridized carbons (Fsp3) is 0.346. The van der Waals surface area contributed by atoms with Crippen molar-refractivity contribution < 1.29 is 9.72 Å². The molecule has 0 spiro atoms. The molecule has 3 aromatic rings. The molecule has 1 saturated heterocycles. The largest absolute Gasteiger partial charge is 0.365 e. The summed E-state index contributed by atoms with van der Waals surface area (Å²) in [6, 6.07) is 19.6. The van der Waals surface area contributed by atoms with Gasteiger partial charge >= 0.3 is 0 Å². The lowest BCUT2D eigenvalue weighted by Gasteiger charge is -2.49. The van der Waals surface area contributed by atoms with Crippen LogP contribution in [0, 0.1) is 16.0 Å². The van der Waals surface area contributed by atoms with Gasteiger partial charge in [0.15, 0.2) is 0 Å². The van der Waals surface area contributed by atoms with E-state index in [1.807, 2.05) is 23.6 Å². The Morgan fingerprint density at radius 3 is 2.74 bits per heavy atom. The minimum absolute atomic E-state index is 0.0327. The van der Waals surface area contributed by atoms with Crippen LogP contribution < -0.4 is 10.2 Å². The van der Waals surface area contributed by atoms with Gasteiger partial charge in [0.25, 0.3) is 5.69 Å². The van der Waals surface area contributed by atoms with Gasteiger partial charge in [-0.1, -0.05) is 36.4 Å². The smallest absolute Gasteiger partial charge is 0.269 e. The predicted molar refractivity (Wildman–Crippen MR) is 134 cm³/mol. The number of hydrogen-bond donors (Lipinski definition) is 1. The summed E-state index contributed by atoms with van der Waals surface area (Å²) in [7, 11) is 0. The summed E-state index contributed by atoms with van der Waals surface area (Å²) < 4.78 is 0. The molecule has 5 rings (SSSR count). The van der Waals surface area contributed by atoms with E-state index in [4.69, 9.17) is 0 Å². The SMILES string of the molecule is O=C(NCCc1cccs1)[C@@H]1Cc2cc([N+](=O)[O-])ccc2N2CCN(Cc3ccccc3)C[C@H]12. The lowest BCUT2D eigenvalue weighted by molar-refractivity contribution is -0.384. The molecular weight excluding hydrogens is 448 g/mol. The summed E-state index contributed by atoms with van der Waals surface area (Å²) in [6.45, 7) is 3.91. The summed E-state index contributed by atoms with van der Waals surface area (Å²) in [5.74, 6) is -0.221. The number of hydrogen-bond acceptors (Lipinski definition) is 6. The number of piperazine rings is 1. The molecule has 34 heavy (non-hydrogen) atoms. The van der Waals surface area contributed by atoms with Crippen molar-refractivity contribution in [1.29, 1.82) is 0 Å². The molecule has 2 aliphatic heterocycles. The fourth-order valence-electron chi connectivity index (χ4n) is 5.16. The van der Waals surface area contributed by atoms with Gasteiger partial charge < -0.3 is 10.2 Å². The van der Waals surface area contributed by atoms with E-state index < -0.39 is 0 Å². The number of nitrogens with one attached hydrogen (secondary N) is 1. The molecular formula is C26H28N4O3S. The van der Waals surface area contributed by atoms with Crippen LogP contribution in [0.5, 0.6) is 0 Å². The van der Waals surface area contributed by atoms with E-state index in [2.05, 4.69) is 45.4 Å². The van der Waals surface area contributed by atoms with E-state index in [-0.39, 0.29) is 28.5 Å². The van der Waals surface area contributed by atoms with E-state index in [0.29, 0.717) is 13.0 Å². The molecule has 2 aromatic carbocycles. The Balaban J connectivity index is 1.36. The molecule has 7 nitrogen and oxygen atoms in total. The highest BCUT2D eigenvalue weighted by molar-refractivity contribution is 7.09. The number of carbonyl (C=O) groups excluding carboxylic acids is 1. The monoisotopic (exact) mass is 476 g/mol. The predicted octanol–water partition coefficient (Wildman–Crippen LogP) is 3.88. The second-order valence-corrected chi connectivity index (χ2v) is 10.0. The van der Waals surface area contributed by atoms with Crippen LogP contribution in [-0.4, -0.2) is 48.0 Å². The van der Waals surface area contributed by atoms with Crippen molar-refractivity contribution >= 4 is 28.6 Å². The van der Waals surface area contributed by atoms with Crippen molar-refractivity contribution in [2.75, 3.05) is 31.1 Å². The van der Waals surface area contributed by atoms with Crippen molar-refractivity contribution in [2.24, 2.45) is 5.92 Å². The third-order valence-corrected chi connectivity index (χ3v) is 7.76. The average Bonchev–Trinajstić information content (AvgIpc) is 3.37. The van der Waals surface area contributed by atoms with Crippen LogP contribution >= 0.6 is 11.3 Å². The molecule has 1 amide bonds. The molecule has 8 heteroatoms. The van der Waals surface area contributed by atoms with Crippen LogP contribution in [-0.2, 0) is 24.2 Å². The molecule has 2 aliphatic rings. The highest BCUT2D eigenvalue weighted by atomic mass is 32.1. The van der Waals surface area contributed by atoms with Gasteiger partial charge in [-0.15, -0.1) is 11.3 Å². The Kier molecular flexibility index (Phi) is 6.60. The average molecular weight is 477 g/mol. The number of amides is 1. The summed E-state index contributed by atoms with van der Waals surface area (Å²) in [4.78, 5) is 30.4. The third kappa shape index (κ3) is 4.83. The first-order chi connectivity index (χ1) is 16.6. The third-order valence-electron chi connectivity index (χ3n) is 6.83. The van der Waals surface area contributed by atoms with Crippen LogP contribution in [0.15, 0.2) is 66.0 Å².